The summed E-state index contributed by atoms with van der Waals surface area (Å²) in [6, 6.07) is 9.96. The van der Waals surface area contributed by atoms with Crippen LogP contribution in [0.5, 0.6) is 0 Å². The van der Waals surface area contributed by atoms with E-state index in [-0.39, 0.29) is 12.1 Å². The van der Waals surface area contributed by atoms with Crippen molar-refractivity contribution in [3.63, 3.8) is 0 Å². The summed E-state index contributed by atoms with van der Waals surface area (Å²) in [5.74, 6) is 0.576. The van der Waals surface area contributed by atoms with E-state index in [0.717, 1.165) is 25.2 Å². The predicted molar refractivity (Wildman–Crippen MR) is 79.5 cm³/mol. The molecule has 1 aliphatic heterocycles. The van der Waals surface area contributed by atoms with E-state index in [1.165, 1.54) is 0 Å². The normalized spacial score (nSPS) is 16.0. The molecule has 0 N–H and O–H groups in total. The molecule has 0 aromatic heterocycles. The minimum absolute atomic E-state index is 0.171. The van der Waals surface area contributed by atoms with Gasteiger partial charge in [-0.1, -0.05) is 30.3 Å². The molecule has 4 nitrogen and oxygen atoms in total. The Kier molecular flexibility index (Phi) is 5.01. The zero-order chi connectivity index (χ0) is 14.5. The van der Waals surface area contributed by atoms with Crippen LogP contribution in [0.25, 0.3) is 0 Å². The Morgan fingerprint density at radius 2 is 2.00 bits per heavy atom. The summed E-state index contributed by atoms with van der Waals surface area (Å²) < 4.78 is 5.42. The van der Waals surface area contributed by atoms with Crippen LogP contribution >= 0.6 is 0 Å². The third-order valence-corrected chi connectivity index (χ3v) is 3.66. The Hall–Kier alpha value is -1.55. The van der Waals surface area contributed by atoms with Crippen LogP contribution in [-0.4, -0.2) is 48.6 Å². The highest BCUT2D eigenvalue weighted by Gasteiger charge is 2.29. The van der Waals surface area contributed by atoms with Gasteiger partial charge in [-0.15, -0.1) is 0 Å². The summed E-state index contributed by atoms with van der Waals surface area (Å²) in [7, 11) is 2.10. The predicted octanol–water partition coefficient (Wildman–Crippen LogP) is 2.60. The van der Waals surface area contributed by atoms with Gasteiger partial charge in [-0.3, -0.25) is 0 Å². The lowest BCUT2D eigenvalue weighted by molar-refractivity contribution is 0.0514. The quantitative estimate of drug-likeness (QED) is 0.828. The molecule has 0 atom stereocenters. The second kappa shape index (κ2) is 6.75. The van der Waals surface area contributed by atoms with Gasteiger partial charge in [0.25, 0.3) is 0 Å². The number of likely N-dealkylation sites (tertiary alicyclic amines) is 1. The van der Waals surface area contributed by atoms with Crippen molar-refractivity contribution in [2.75, 3.05) is 26.7 Å². The van der Waals surface area contributed by atoms with Crippen molar-refractivity contribution in [1.29, 1.82) is 0 Å². The van der Waals surface area contributed by atoms with Crippen LogP contribution in [0.15, 0.2) is 30.3 Å². The molecule has 4 heteroatoms. The van der Waals surface area contributed by atoms with Crippen LogP contribution in [-0.2, 0) is 11.3 Å². The molecular formula is C16H24N2O2. The minimum atomic E-state index is -0.210. The van der Waals surface area contributed by atoms with Crippen LogP contribution in [0.2, 0.25) is 0 Å². The number of ether oxygens (including phenoxy) is 1. The summed E-state index contributed by atoms with van der Waals surface area (Å²) in [5, 5.41) is 0. The molecule has 0 spiro atoms. The molecule has 1 amide bonds. The van der Waals surface area contributed by atoms with E-state index in [1.54, 1.807) is 0 Å². The second-order valence-corrected chi connectivity index (χ2v) is 5.87. The molecule has 1 aromatic carbocycles. The summed E-state index contributed by atoms with van der Waals surface area (Å²) in [4.78, 5) is 16.3. The fourth-order valence-electron chi connectivity index (χ4n) is 2.52. The lowest BCUT2D eigenvalue weighted by Crippen LogP contribution is -2.51. The minimum Gasteiger partial charge on any atom is -0.445 e. The Morgan fingerprint density at radius 1 is 1.35 bits per heavy atom. The number of carbonyl (C=O) groups is 1. The van der Waals surface area contributed by atoms with Crippen LogP contribution in [0, 0.1) is 5.92 Å². The fourth-order valence-corrected chi connectivity index (χ4v) is 2.52. The van der Waals surface area contributed by atoms with Gasteiger partial charge in [-0.2, -0.15) is 0 Å². The third kappa shape index (κ3) is 3.97. The van der Waals surface area contributed by atoms with Crippen molar-refractivity contribution >= 4 is 6.09 Å². The highest BCUT2D eigenvalue weighted by atomic mass is 16.6. The van der Waals surface area contributed by atoms with E-state index in [4.69, 9.17) is 4.74 Å². The molecule has 2 rings (SSSR count). The number of benzene rings is 1. The first-order chi connectivity index (χ1) is 9.56. The molecule has 1 heterocycles. The zero-order valence-electron chi connectivity index (χ0n) is 12.6. The first-order valence-electron chi connectivity index (χ1n) is 7.22. The number of nitrogens with zero attached hydrogens (tertiary/aromatic N) is 2. The van der Waals surface area contributed by atoms with Gasteiger partial charge >= 0.3 is 6.09 Å². The topological polar surface area (TPSA) is 32.8 Å². The molecule has 0 saturated carbocycles. The van der Waals surface area contributed by atoms with Gasteiger partial charge in [0, 0.05) is 31.6 Å². The SMILES string of the molecule is CC(C)N(CC1CN(C)C1)C(=O)OCc1ccccc1. The largest absolute Gasteiger partial charge is 0.445 e. The van der Waals surface area contributed by atoms with E-state index in [0.29, 0.717) is 12.5 Å². The number of rotatable bonds is 5. The average Bonchev–Trinajstić information content (AvgIpc) is 2.40. The van der Waals surface area contributed by atoms with Gasteiger partial charge in [-0.25, -0.2) is 4.79 Å². The van der Waals surface area contributed by atoms with E-state index in [2.05, 4.69) is 11.9 Å². The lowest BCUT2D eigenvalue weighted by atomic mass is 10.0. The molecule has 1 aliphatic rings. The summed E-state index contributed by atoms with van der Waals surface area (Å²) >= 11 is 0. The van der Waals surface area contributed by atoms with Gasteiger partial charge in [0.1, 0.15) is 6.61 Å². The maximum Gasteiger partial charge on any atom is 0.410 e. The third-order valence-electron chi connectivity index (χ3n) is 3.66. The maximum absolute atomic E-state index is 12.2. The van der Waals surface area contributed by atoms with Gasteiger partial charge < -0.3 is 14.5 Å². The summed E-state index contributed by atoms with van der Waals surface area (Å²) in [6.07, 6.45) is -0.210. The van der Waals surface area contributed by atoms with Crippen molar-refractivity contribution in [3.8, 4) is 0 Å². The van der Waals surface area contributed by atoms with Crippen molar-refractivity contribution in [2.45, 2.75) is 26.5 Å². The van der Waals surface area contributed by atoms with Crippen molar-refractivity contribution < 1.29 is 9.53 Å². The average molecular weight is 276 g/mol. The van der Waals surface area contributed by atoms with Crippen molar-refractivity contribution in [1.82, 2.24) is 9.80 Å². The molecule has 0 aliphatic carbocycles. The van der Waals surface area contributed by atoms with E-state index < -0.39 is 0 Å². The van der Waals surface area contributed by atoms with Crippen LogP contribution in [0.4, 0.5) is 4.79 Å². The molecule has 0 unspecified atom stereocenters. The molecule has 1 fully saturated rings. The van der Waals surface area contributed by atoms with E-state index >= 15 is 0 Å². The van der Waals surface area contributed by atoms with Crippen LogP contribution in [0.3, 0.4) is 0 Å². The standard InChI is InChI=1S/C16H24N2O2/c1-13(2)18(11-15-9-17(3)10-15)16(19)20-12-14-7-5-4-6-8-14/h4-8,13,15H,9-12H2,1-3H3. The number of hydrogen-bond acceptors (Lipinski definition) is 3. The van der Waals surface area contributed by atoms with Crippen LogP contribution in [0.1, 0.15) is 19.4 Å². The molecule has 1 saturated heterocycles. The van der Waals surface area contributed by atoms with E-state index in [9.17, 15) is 4.79 Å². The second-order valence-electron chi connectivity index (χ2n) is 5.87. The van der Waals surface area contributed by atoms with Crippen LogP contribution < -0.4 is 0 Å². The Morgan fingerprint density at radius 3 is 2.55 bits per heavy atom. The number of hydrogen-bond donors (Lipinski definition) is 0. The van der Waals surface area contributed by atoms with Crippen molar-refractivity contribution in [3.05, 3.63) is 35.9 Å². The molecule has 20 heavy (non-hydrogen) atoms. The molecule has 0 radical (unpaired) electrons. The van der Waals surface area contributed by atoms with Gasteiger partial charge in [0.15, 0.2) is 0 Å². The molecule has 1 aromatic rings. The summed E-state index contributed by atoms with van der Waals surface area (Å²) in [6.45, 7) is 7.33. The number of carbonyl (C=O) groups excluding carboxylic acids is 1. The Bertz CT molecular complexity index is 427. The molecule has 110 valence electrons. The fraction of sp³-hybridized carbons (Fsp3) is 0.562. The first kappa shape index (κ1) is 14.9. The van der Waals surface area contributed by atoms with Gasteiger partial charge in [-0.05, 0) is 26.5 Å². The lowest BCUT2D eigenvalue weighted by Gasteiger charge is -2.40. The summed E-state index contributed by atoms with van der Waals surface area (Å²) in [5.41, 5.74) is 1.02. The number of amides is 1. The Balaban J connectivity index is 1.83. The smallest absolute Gasteiger partial charge is 0.410 e. The highest BCUT2D eigenvalue weighted by molar-refractivity contribution is 5.68. The first-order valence-corrected chi connectivity index (χ1v) is 7.22. The van der Waals surface area contributed by atoms with Gasteiger partial charge in [0.2, 0.25) is 0 Å². The Labute approximate surface area is 121 Å². The molecular weight excluding hydrogens is 252 g/mol. The zero-order valence-corrected chi connectivity index (χ0v) is 12.6. The maximum atomic E-state index is 12.2. The van der Waals surface area contributed by atoms with E-state index in [1.807, 2.05) is 49.1 Å². The van der Waals surface area contributed by atoms with Crippen molar-refractivity contribution in [2.24, 2.45) is 5.92 Å². The van der Waals surface area contributed by atoms with Gasteiger partial charge in [0.05, 0.1) is 0 Å². The monoisotopic (exact) mass is 276 g/mol. The highest BCUT2D eigenvalue weighted by Crippen LogP contribution is 2.17. The molecule has 0 bridgehead atoms.